The number of ether oxygens (including phenoxy) is 1. The summed E-state index contributed by atoms with van der Waals surface area (Å²) in [4.78, 5) is 8.11. The van der Waals surface area contributed by atoms with Crippen molar-refractivity contribution in [2.24, 2.45) is 5.92 Å². The second-order valence-corrected chi connectivity index (χ2v) is 5.15. The second-order valence-electron chi connectivity index (χ2n) is 4.77. The molecule has 2 aromatic heterocycles. The van der Waals surface area contributed by atoms with E-state index in [1.54, 1.807) is 0 Å². The zero-order valence-corrected chi connectivity index (χ0v) is 11.3. The first kappa shape index (κ1) is 13.6. The fourth-order valence-electron chi connectivity index (χ4n) is 2.59. The van der Waals surface area contributed by atoms with Crippen molar-refractivity contribution in [3.8, 4) is 0 Å². The Balaban J connectivity index is 2.02. The van der Waals surface area contributed by atoms with Crippen LogP contribution in [0.1, 0.15) is 18.9 Å². The summed E-state index contributed by atoms with van der Waals surface area (Å²) in [5, 5.41) is 4.21. The maximum atomic E-state index is 13.5. The van der Waals surface area contributed by atoms with Gasteiger partial charge in [0.05, 0.1) is 12.4 Å². The molecule has 0 spiro atoms. The lowest BCUT2D eigenvalue weighted by Crippen LogP contribution is -2.31. The van der Waals surface area contributed by atoms with Crippen molar-refractivity contribution in [1.29, 1.82) is 0 Å². The lowest BCUT2D eigenvalue weighted by Gasteiger charge is -2.30. The van der Waals surface area contributed by atoms with Crippen LogP contribution in [0.2, 0.25) is 5.15 Å². The molecule has 20 heavy (non-hydrogen) atoms. The Bertz CT molecular complexity index is 600. The van der Waals surface area contributed by atoms with E-state index >= 15 is 0 Å². The minimum atomic E-state index is -2.53. The van der Waals surface area contributed by atoms with Crippen LogP contribution >= 0.6 is 11.6 Å². The standard InChI is InChI=1S/C12H13ClF2N4O/c13-9-6-16-8-5-17-19(12(8)18-9)10(11(14)15)7-1-3-20-4-2-7/h5-7,10-11H,1-4H2. The molecule has 0 saturated carbocycles. The van der Waals surface area contributed by atoms with Gasteiger partial charge in [0.2, 0.25) is 0 Å². The summed E-state index contributed by atoms with van der Waals surface area (Å²) in [6.45, 7) is 0.999. The molecule has 0 radical (unpaired) electrons. The van der Waals surface area contributed by atoms with Crippen LogP contribution in [-0.2, 0) is 4.74 Å². The van der Waals surface area contributed by atoms with Crippen molar-refractivity contribution in [1.82, 2.24) is 19.7 Å². The average molecular weight is 303 g/mol. The highest BCUT2D eigenvalue weighted by Gasteiger charge is 2.34. The third-order valence-corrected chi connectivity index (χ3v) is 3.75. The van der Waals surface area contributed by atoms with Crippen molar-refractivity contribution < 1.29 is 13.5 Å². The van der Waals surface area contributed by atoms with Gasteiger partial charge in [-0.05, 0) is 18.8 Å². The quantitative estimate of drug-likeness (QED) is 0.875. The molecule has 1 saturated heterocycles. The van der Waals surface area contributed by atoms with Gasteiger partial charge >= 0.3 is 0 Å². The van der Waals surface area contributed by atoms with Gasteiger partial charge in [-0.25, -0.2) is 23.4 Å². The smallest absolute Gasteiger partial charge is 0.261 e. The Kier molecular flexibility index (Phi) is 3.80. The number of alkyl halides is 2. The number of nitrogens with zero attached hydrogens (tertiary/aromatic N) is 4. The van der Waals surface area contributed by atoms with E-state index in [0.717, 1.165) is 0 Å². The summed E-state index contributed by atoms with van der Waals surface area (Å²) in [5.74, 6) is -0.187. The molecule has 1 aliphatic rings. The van der Waals surface area contributed by atoms with Gasteiger partial charge in [-0.15, -0.1) is 0 Å². The molecular weight excluding hydrogens is 290 g/mol. The molecule has 3 rings (SSSR count). The Morgan fingerprint density at radius 3 is 2.75 bits per heavy atom. The van der Waals surface area contributed by atoms with E-state index in [2.05, 4.69) is 15.1 Å². The van der Waals surface area contributed by atoms with Crippen molar-refractivity contribution in [3.63, 3.8) is 0 Å². The van der Waals surface area contributed by atoms with Gasteiger partial charge in [-0.1, -0.05) is 11.6 Å². The summed E-state index contributed by atoms with van der Waals surface area (Å²) < 4.78 is 33.5. The molecule has 3 heterocycles. The van der Waals surface area contributed by atoms with Gasteiger partial charge in [-0.3, -0.25) is 0 Å². The number of aromatic nitrogens is 4. The van der Waals surface area contributed by atoms with Gasteiger partial charge < -0.3 is 4.74 Å². The first-order valence-corrected chi connectivity index (χ1v) is 6.76. The SMILES string of the molecule is FC(F)C(C1CCOCC1)n1ncc2ncc(Cl)nc21. The number of rotatable bonds is 3. The van der Waals surface area contributed by atoms with E-state index in [-0.39, 0.29) is 11.1 Å². The molecule has 1 atom stereocenters. The number of hydrogen-bond acceptors (Lipinski definition) is 4. The largest absolute Gasteiger partial charge is 0.381 e. The molecule has 1 aliphatic heterocycles. The van der Waals surface area contributed by atoms with Gasteiger partial charge in [0.15, 0.2) is 5.65 Å². The van der Waals surface area contributed by atoms with E-state index in [4.69, 9.17) is 16.3 Å². The fourth-order valence-corrected chi connectivity index (χ4v) is 2.72. The molecule has 0 aliphatic carbocycles. The maximum absolute atomic E-state index is 13.5. The molecule has 8 heteroatoms. The minimum Gasteiger partial charge on any atom is -0.381 e. The highest BCUT2D eigenvalue weighted by atomic mass is 35.5. The number of fused-ring (bicyclic) bond motifs is 1. The van der Waals surface area contributed by atoms with E-state index in [1.165, 1.54) is 17.1 Å². The molecule has 0 amide bonds. The predicted molar refractivity (Wildman–Crippen MR) is 68.9 cm³/mol. The summed E-state index contributed by atoms with van der Waals surface area (Å²) in [6.07, 6.45) is 1.46. The molecule has 108 valence electrons. The van der Waals surface area contributed by atoms with E-state index in [9.17, 15) is 8.78 Å². The highest BCUT2D eigenvalue weighted by Crippen LogP contribution is 2.34. The van der Waals surface area contributed by atoms with E-state index in [0.29, 0.717) is 37.2 Å². The highest BCUT2D eigenvalue weighted by molar-refractivity contribution is 6.29. The van der Waals surface area contributed by atoms with Gasteiger partial charge in [-0.2, -0.15) is 5.10 Å². The van der Waals surface area contributed by atoms with Crippen molar-refractivity contribution in [3.05, 3.63) is 17.5 Å². The Morgan fingerprint density at radius 2 is 2.05 bits per heavy atom. The Morgan fingerprint density at radius 1 is 1.30 bits per heavy atom. The maximum Gasteiger partial charge on any atom is 0.261 e. The van der Waals surface area contributed by atoms with Crippen molar-refractivity contribution in [2.75, 3.05) is 13.2 Å². The van der Waals surface area contributed by atoms with Crippen LogP contribution in [0.3, 0.4) is 0 Å². The average Bonchev–Trinajstić information content (AvgIpc) is 2.83. The van der Waals surface area contributed by atoms with E-state index in [1.807, 2.05) is 0 Å². The van der Waals surface area contributed by atoms with Crippen molar-refractivity contribution >= 4 is 22.8 Å². The molecule has 0 N–H and O–H groups in total. The van der Waals surface area contributed by atoms with Crippen LogP contribution in [0.5, 0.6) is 0 Å². The van der Waals surface area contributed by atoms with Crippen LogP contribution in [0.4, 0.5) is 8.78 Å². The molecular formula is C12H13ClF2N4O. The third kappa shape index (κ3) is 2.47. The fraction of sp³-hybridized carbons (Fsp3) is 0.583. The molecule has 1 unspecified atom stereocenters. The van der Waals surface area contributed by atoms with Crippen molar-refractivity contribution in [2.45, 2.75) is 25.3 Å². The topological polar surface area (TPSA) is 52.8 Å². The van der Waals surface area contributed by atoms with Crippen LogP contribution < -0.4 is 0 Å². The van der Waals surface area contributed by atoms with E-state index < -0.39 is 12.5 Å². The molecule has 0 bridgehead atoms. The summed E-state index contributed by atoms with van der Waals surface area (Å²) >= 11 is 5.80. The summed E-state index contributed by atoms with van der Waals surface area (Å²) in [7, 11) is 0. The lowest BCUT2D eigenvalue weighted by atomic mass is 9.92. The van der Waals surface area contributed by atoms with Crippen LogP contribution in [0, 0.1) is 5.92 Å². The zero-order chi connectivity index (χ0) is 14.1. The van der Waals surface area contributed by atoms with Crippen LogP contribution in [0.15, 0.2) is 12.4 Å². The summed E-state index contributed by atoms with van der Waals surface area (Å²) in [5.41, 5.74) is 0.765. The zero-order valence-electron chi connectivity index (χ0n) is 10.5. The predicted octanol–water partition coefficient (Wildman–Crippen LogP) is 2.71. The minimum absolute atomic E-state index is 0.166. The van der Waals surface area contributed by atoms with Gasteiger partial charge in [0, 0.05) is 13.2 Å². The Labute approximate surface area is 118 Å². The normalized spacial score (nSPS) is 18.8. The first-order valence-electron chi connectivity index (χ1n) is 6.38. The molecule has 0 aromatic carbocycles. The Hall–Kier alpha value is -1.34. The summed E-state index contributed by atoms with van der Waals surface area (Å²) in [6, 6.07) is -1.02. The van der Waals surface area contributed by atoms with Crippen LogP contribution in [-0.4, -0.2) is 39.4 Å². The molecule has 2 aromatic rings. The molecule has 5 nitrogen and oxygen atoms in total. The molecule has 1 fully saturated rings. The number of halogens is 3. The van der Waals surface area contributed by atoms with Gasteiger partial charge in [0.25, 0.3) is 6.43 Å². The third-order valence-electron chi connectivity index (χ3n) is 3.56. The number of hydrogen-bond donors (Lipinski definition) is 0. The monoisotopic (exact) mass is 302 g/mol. The lowest BCUT2D eigenvalue weighted by molar-refractivity contribution is -0.00705. The van der Waals surface area contributed by atoms with Gasteiger partial charge in [0.1, 0.15) is 16.7 Å². The first-order chi connectivity index (χ1) is 9.66. The second kappa shape index (κ2) is 5.57. The van der Waals surface area contributed by atoms with Crippen LogP contribution in [0.25, 0.3) is 11.2 Å².